The standard InChI is InChI=1S/C20H15BrN4O2S2/c21-13-6-8-14(9-7-13)23-17(26)12-16-18(27)25(15-4-2-1-3-5-15)20(29-16)24-19-22-10-11-28-19/h1-11,16H,12H2,(H,23,26)/b24-20-. The Morgan fingerprint density at radius 3 is 2.62 bits per heavy atom. The normalized spacial score (nSPS) is 17.7. The summed E-state index contributed by atoms with van der Waals surface area (Å²) in [4.78, 5) is 35.9. The molecule has 0 saturated carbocycles. The SMILES string of the molecule is O=C(CC1S/C(=N\c2nccs2)N(c2ccccc2)C1=O)Nc1ccc(Br)cc1. The van der Waals surface area contributed by atoms with E-state index in [-0.39, 0.29) is 18.2 Å². The van der Waals surface area contributed by atoms with Crippen molar-refractivity contribution in [1.82, 2.24) is 4.98 Å². The predicted molar refractivity (Wildman–Crippen MR) is 122 cm³/mol. The maximum absolute atomic E-state index is 13.1. The molecule has 2 heterocycles. The van der Waals surface area contributed by atoms with Crippen molar-refractivity contribution in [1.29, 1.82) is 0 Å². The largest absolute Gasteiger partial charge is 0.326 e. The molecular weight excluding hydrogens is 472 g/mol. The first kappa shape index (κ1) is 19.8. The Balaban J connectivity index is 1.54. The average Bonchev–Trinajstić information content (AvgIpc) is 3.33. The highest BCUT2D eigenvalue weighted by molar-refractivity contribution is 9.10. The van der Waals surface area contributed by atoms with Crippen LogP contribution in [0.5, 0.6) is 0 Å². The minimum absolute atomic E-state index is 0.0553. The number of thioether (sulfide) groups is 1. The fourth-order valence-electron chi connectivity index (χ4n) is 2.76. The molecule has 4 rings (SSSR count). The van der Waals surface area contributed by atoms with Crippen LogP contribution in [-0.2, 0) is 9.59 Å². The van der Waals surface area contributed by atoms with Gasteiger partial charge >= 0.3 is 0 Å². The van der Waals surface area contributed by atoms with Gasteiger partial charge in [0, 0.05) is 28.2 Å². The first-order valence-electron chi connectivity index (χ1n) is 8.69. The smallest absolute Gasteiger partial charge is 0.247 e. The monoisotopic (exact) mass is 486 g/mol. The van der Waals surface area contributed by atoms with E-state index in [9.17, 15) is 9.59 Å². The van der Waals surface area contributed by atoms with E-state index in [0.717, 1.165) is 10.2 Å². The maximum Gasteiger partial charge on any atom is 0.247 e. The summed E-state index contributed by atoms with van der Waals surface area (Å²) in [6.07, 6.45) is 1.72. The number of amides is 2. The molecule has 1 atom stereocenters. The molecule has 1 aliphatic heterocycles. The summed E-state index contributed by atoms with van der Waals surface area (Å²) < 4.78 is 0.929. The van der Waals surface area contributed by atoms with Crippen molar-refractivity contribution in [2.45, 2.75) is 11.7 Å². The molecule has 9 heteroatoms. The molecule has 1 N–H and O–H groups in total. The van der Waals surface area contributed by atoms with Crippen molar-refractivity contribution >= 4 is 72.5 Å². The fraction of sp³-hybridized carbons (Fsp3) is 0.100. The Morgan fingerprint density at radius 1 is 1.17 bits per heavy atom. The quantitative estimate of drug-likeness (QED) is 0.546. The molecule has 1 saturated heterocycles. The van der Waals surface area contributed by atoms with Gasteiger partial charge in [0.2, 0.25) is 16.9 Å². The van der Waals surface area contributed by atoms with Gasteiger partial charge < -0.3 is 5.32 Å². The van der Waals surface area contributed by atoms with Crippen LogP contribution in [0.3, 0.4) is 0 Å². The molecule has 3 aromatic rings. The summed E-state index contributed by atoms with van der Waals surface area (Å²) >= 11 is 6.05. The molecule has 1 aromatic heterocycles. The number of para-hydroxylation sites is 1. The third kappa shape index (κ3) is 4.75. The summed E-state index contributed by atoms with van der Waals surface area (Å²) in [5, 5.41) is 5.21. The number of carbonyl (C=O) groups is 2. The minimum atomic E-state index is -0.552. The van der Waals surface area contributed by atoms with E-state index >= 15 is 0 Å². The van der Waals surface area contributed by atoms with Crippen molar-refractivity contribution in [2.24, 2.45) is 4.99 Å². The van der Waals surface area contributed by atoms with Crippen molar-refractivity contribution in [3.05, 3.63) is 70.6 Å². The number of hydrogen-bond acceptors (Lipinski definition) is 6. The van der Waals surface area contributed by atoms with Crippen molar-refractivity contribution < 1.29 is 9.59 Å². The molecule has 146 valence electrons. The molecule has 6 nitrogen and oxygen atoms in total. The third-order valence-electron chi connectivity index (χ3n) is 4.06. The minimum Gasteiger partial charge on any atom is -0.326 e. The Kier molecular flexibility index (Phi) is 6.08. The van der Waals surface area contributed by atoms with E-state index in [0.29, 0.717) is 16.0 Å². The number of hydrogen-bond donors (Lipinski definition) is 1. The summed E-state index contributed by atoms with van der Waals surface area (Å²) in [5.74, 6) is -0.385. The van der Waals surface area contributed by atoms with Crippen LogP contribution in [0.2, 0.25) is 0 Å². The van der Waals surface area contributed by atoms with Gasteiger partial charge in [-0.3, -0.25) is 14.5 Å². The molecule has 1 aliphatic rings. The number of amidine groups is 1. The summed E-state index contributed by atoms with van der Waals surface area (Å²) in [7, 11) is 0. The van der Waals surface area contributed by atoms with Gasteiger partial charge in [0.05, 0.1) is 5.69 Å². The van der Waals surface area contributed by atoms with Crippen LogP contribution in [0.15, 0.2) is 75.6 Å². The lowest BCUT2D eigenvalue weighted by atomic mass is 10.2. The van der Waals surface area contributed by atoms with Crippen LogP contribution in [0, 0.1) is 0 Å². The Morgan fingerprint density at radius 2 is 1.93 bits per heavy atom. The van der Waals surface area contributed by atoms with Crippen LogP contribution in [0.25, 0.3) is 0 Å². The van der Waals surface area contributed by atoms with Gasteiger partial charge in [-0.25, -0.2) is 4.98 Å². The van der Waals surface area contributed by atoms with Gasteiger partial charge in [-0.1, -0.05) is 45.9 Å². The van der Waals surface area contributed by atoms with Gasteiger partial charge in [-0.2, -0.15) is 4.99 Å². The molecule has 29 heavy (non-hydrogen) atoms. The molecule has 1 fully saturated rings. The molecule has 1 unspecified atom stereocenters. The fourth-order valence-corrected chi connectivity index (χ4v) is 4.72. The average molecular weight is 487 g/mol. The van der Waals surface area contributed by atoms with Crippen LogP contribution in [0.1, 0.15) is 6.42 Å². The van der Waals surface area contributed by atoms with Gasteiger partial charge in [-0.05, 0) is 36.4 Å². The topological polar surface area (TPSA) is 74.7 Å². The second-order valence-corrected chi connectivity index (χ2v) is 9.04. The number of benzene rings is 2. The Labute approximate surface area is 184 Å². The third-order valence-corrected chi connectivity index (χ3v) is 6.39. The van der Waals surface area contributed by atoms with Crippen LogP contribution in [-0.4, -0.2) is 27.2 Å². The van der Waals surface area contributed by atoms with Gasteiger partial charge in [-0.15, -0.1) is 11.3 Å². The number of halogens is 1. The van der Waals surface area contributed by atoms with E-state index < -0.39 is 5.25 Å². The molecule has 2 amide bonds. The van der Waals surface area contributed by atoms with Crippen molar-refractivity contribution in [2.75, 3.05) is 10.2 Å². The number of nitrogens with zero attached hydrogens (tertiary/aromatic N) is 3. The zero-order valence-corrected chi connectivity index (χ0v) is 18.2. The lowest BCUT2D eigenvalue weighted by Gasteiger charge is -2.16. The molecule has 0 radical (unpaired) electrons. The number of aliphatic imine (C=N–C) groups is 1. The summed E-state index contributed by atoms with van der Waals surface area (Å²) in [6, 6.07) is 16.6. The highest BCUT2D eigenvalue weighted by Gasteiger charge is 2.40. The predicted octanol–water partition coefficient (Wildman–Crippen LogP) is 5.07. The van der Waals surface area contributed by atoms with E-state index in [2.05, 4.69) is 31.2 Å². The number of nitrogens with one attached hydrogen (secondary N) is 1. The second-order valence-electron chi connectivity index (χ2n) is 6.08. The van der Waals surface area contributed by atoms with E-state index in [1.807, 2.05) is 47.8 Å². The highest BCUT2D eigenvalue weighted by atomic mass is 79.9. The molecular formula is C20H15BrN4O2S2. The van der Waals surface area contributed by atoms with Crippen molar-refractivity contribution in [3.63, 3.8) is 0 Å². The molecule has 2 aromatic carbocycles. The number of rotatable bonds is 5. The number of anilines is 2. The zero-order chi connectivity index (χ0) is 20.2. The van der Waals surface area contributed by atoms with E-state index in [1.54, 1.807) is 23.2 Å². The summed E-state index contributed by atoms with van der Waals surface area (Å²) in [5.41, 5.74) is 1.40. The molecule has 0 aliphatic carbocycles. The van der Waals surface area contributed by atoms with E-state index in [4.69, 9.17) is 0 Å². The van der Waals surface area contributed by atoms with Gasteiger partial charge in [0.25, 0.3) is 0 Å². The molecule has 0 spiro atoms. The van der Waals surface area contributed by atoms with Crippen LogP contribution in [0.4, 0.5) is 16.5 Å². The lowest BCUT2D eigenvalue weighted by molar-refractivity contribution is -0.121. The van der Waals surface area contributed by atoms with Crippen LogP contribution < -0.4 is 10.2 Å². The van der Waals surface area contributed by atoms with Gasteiger partial charge in [0.1, 0.15) is 5.25 Å². The molecule has 0 bridgehead atoms. The maximum atomic E-state index is 13.1. The van der Waals surface area contributed by atoms with Crippen LogP contribution >= 0.6 is 39.0 Å². The number of thiazole rings is 1. The Bertz CT molecular complexity index is 1040. The highest BCUT2D eigenvalue weighted by Crippen LogP contribution is 2.35. The van der Waals surface area contributed by atoms with Gasteiger partial charge in [0.15, 0.2) is 5.17 Å². The Hall–Kier alpha value is -2.49. The van der Waals surface area contributed by atoms with Crippen molar-refractivity contribution in [3.8, 4) is 0 Å². The summed E-state index contributed by atoms with van der Waals surface area (Å²) in [6.45, 7) is 0. The number of aromatic nitrogens is 1. The zero-order valence-electron chi connectivity index (χ0n) is 15.0. The van der Waals surface area contributed by atoms with E-state index in [1.165, 1.54) is 23.1 Å². The first-order chi connectivity index (χ1) is 14.1. The number of carbonyl (C=O) groups excluding carboxylic acids is 2. The lowest BCUT2D eigenvalue weighted by Crippen LogP contribution is -2.33. The second kappa shape index (κ2) is 8.89. The first-order valence-corrected chi connectivity index (χ1v) is 11.2.